The van der Waals surface area contributed by atoms with Crippen molar-refractivity contribution < 1.29 is 9.53 Å². The van der Waals surface area contributed by atoms with Gasteiger partial charge >= 0.3 is 0 Å². The van der Waals surface area contributed by atoms with Gasteiger partial charge in [0.15, 0.2) is 0 Å². The molecule has 210 valence electrons. The molecule has 0 bridgehead atoms. The summed E-state index contributed by atoms with van der Waals surface area (Å²) in [5, 5.41) is 13.6. The van der Waals surface area contributed by atoms with Crippen LogP contribution in [0.2, 0.25) is 0 Å². The Labute approximate surface area is 239 Å². The summed E-state index contributed by atoms with van der Waals surface area (Å²) in [4.78, 5) is 32.9. The fourth-order valence-corrected chi connectivity index (χ4v) is 6.87. The van der Waals surface area contributed by atoms with Gasteiger partial charge in [-0.3, -0.25) is 14.5 Å². The summed E-state index contributed by atoms with van der Waals surface area (Å²) in [5.74, 6) is 0.878. The van der Waals surface area contributed by atoms with Gasteiger partial charge in [0, 0.05) is 65.5 Å². The predicted octanol–water partition coefficient (Wildman–Crippen LogP) is 5.36. The number of carbonyl (C=O) groups excluding carboxylic acids is 1. The zero-order valence-electron chi connectivity index (χ0n) is 23.5. The lowest BCUT2D eigenvalue weighted by molar-refractivity contribution is -0.0298. The van der Waals surface area contributed by atoms with E-state index in [1.165, 1.54) is 22.6 Å². The van der Waals surface area contributed by atoms with Crippen molar-refractivity contribution in [3.05, 3.63) is 99.1 Å². The highest BCUT2D eigenvalue weighted by atomic mass is 16.5. The number of nitrogens with one attached hydrogen (secondary N) is 3. The van der Waals surface area contributed by atoms with E-state index in [2.05, 4.69) is 57.4 Å². The number of pyridine rings is 1. The third-order valence-corrected chi connectivity index (χ3v) is 9.08. The predicted molar refractivity (Wildman–Crippen MR) is 157 cm³/mol. The third kappa shape index (κ3) is 5.25. The molecule has 2 fully saturated rings. The number of rotatable bonds is 7. The molecule has 4 aromatic rings. The van der Waals surface area contributed by atoms with Crippen LogP contribution in [0, 0.1) is 29.6 Å². The molecule has 1 spiro atoms. The van der Waals surface area contributed by atoms with Crippen LogP contribution >= 0.6 is 0 Å². The standard InChI is InChI=1S/C33H35N5O3/c1-21-13-29(41-2)27(26-8-11-36-31(21)26)20-38-12-9-33(15-23(16-33)18-34)17-28(38)24-3-5-25(6-4-24)32(40)37-19-22-7-10-35-30(39)14-22/h3-8,10-11,13-14,23,28,36H,9,12,15-17,19-20H2,1-2H3,(H,35,39)(H,37,40)/t23?,28-,33?/m0/s1. The number of aromatic nitrogens is 2. The lowest BCUT2D eigenvalue weighted by Crippen LogP contribution is -2.48. The fraction of sp³-hybridized carbons (Fsp3) is 0.364. The van der Waals surface area contributed by atoms with E-state index in [-0.39, 0.29) is 35.4 Å². The highest BCUT2D eigenvalue weighted by molar-refractivity contribution is 5.94. The quantitative estimate of drug-likeness (QED) is 0.287. The molecule has 2 aromatic carbocycles. The second-order valence-corrected chi connectivity index (χ2v) is 11.7. The summed E-state index contributed by atoms with van der Waals surface area (Å²) in [6, 6.07) is 18.0. The normalized spacial score (nSPS) is 22.3. The van der Waals surface area contributed by atoms with Gasteiger partial charge in [0.2, 0.25) is 5.56 Å². The van der Waals surface area contributed by atoms with Crippen molar-refractivity contribution in [2.45, 2.75) is 51.7 Å². The number of amides is 1. The second kappa shape index (κ2) is 10.9. The van der Waals surface area contributed by atoms with E-state index in [1.54, 1.807) is 19.4 Å². The molecule has 1 aliphatic carbocycles. The fourth-order valence-electron chi connectivity index (χ4n) is 6.87. The van der Waals surface area contributed by atoms with E-state index in [4.69, 9.17) is 4.74 Å². The van der Waals surface area contributed by atoms with Gasteiger partial charge in [-0.1, -0.05) is 12.1 Å². The van der Waals surface area contributed by atoms with Crippen LogP contribution < -0.4 is 15.6 Å². The molecule has 1 amide bonds. The zero-order chi connectivity index (χ0) is 28.6. The van der Waals surface area contributed by atoms with Crippen LogP contribution in [0.1, 0.15) is 64.3 Å². The summed E-state index contributed by atoms with van der Waals surface area (Å²) in [7, 11) is 1.73. The smallest absolute Gasteiger partial charge is 0.251 e. The van der Waals surface area contributed by atoms with Crippen molar-refractivity contribution in [1.82, 2.24) is 20.2 Å². The largest absolute Gasteiger partial charge is 0.496 e. The number of aryl methyl sites for hydroxylation is 1. The van der Waals surface area contributed by atoms with Crippen molar-refractivity contribution in [2.75, 3.05) is 13.7 Å². The number of benzene rings is 2. The summed E-state index contributed by atoms with van der Waals surface area (Å²) >= 11 is 0. The first kappa shape index (κ1) is 26.9. The number of likely N-dealkylation sites (tertiary alicyclic amines) is 1. The summed E-state index contributed by atoms with van der Waals surface area (Å²) in [5.41, 5.74) is 5.98. The highest BCUT2D eigenvalue weighted by Crippen LogP contribution is 2.56. The first-order valence-corrected chi connectivity index (χ1v) is 14.2. The summed E-state index contributed by atoms with van der Waals surface area (Å²) in [6.45, 7) is 4.07. The van der Waals surface area contributed by atoms with Gasteiger partial charge in [-0.05, 0) is 91.6 Å². The van der Waals surface area contributed by atoms with Gasteiger partial charge in [-0.2, -0.15) is 5.26 Å². The molecular formula is C33H35N5O3. The van der Waals surface area contributed by atoms with Gasteiger partial charge in [0.25, 0.3) is 5.91 Å². The van der Waals surface area contributed by atoms with Crippen LogP contribution in [0.5, 0.6) is 5.75 Å². The molecule has 8 heteroatoms. The van der Waals surface area contributed by atoms with Crippen LogP contribution in [0.25, 0.3) is 10.9 Å². The topological polar surface area (TPSA) is 114 Å². The Bertz CT molecular complexity index is 1670. The Morgan fingerprint density at radius 1 is 1.12 bits per heavy atom. The van der Waals surface area contributed by atoms with Crippen LogP contribution in [0.15, 0.2) is 65.7 Å². The van der Waals surface area contributed by atoms with E-state index in [0.29, 0.717) is 5.56 Å². The maximum absolute atomic E-state index is 12.9. The van der Waals surface area contributed by atoms with Crippen molar-refractivity contribution in [3.63, 3.8) is 0 Å². The molecular weight excluding hydrogens is 514 g/mol. The number of hydrogen-bond donors (Lipinski definition) is 3. The van der Waals surface area contributed by atoms with Crippen molar-refractivity contribution >= 4 is 16.8 Å². The average molecular weight is 550 g/mol. The highest BCUT2D eigenvalue weighted by Gasteiger charge is 2.49. The number of methoxy groups -OCH3 is 1. The van der Waals surface area contributed by atoms with Crippen LogP contribution in [0.3, 0.4) is 0 Å². The van der Waals surface area contributed by atoms with Gasteiger partial charge in [0.05, 0.1) is 13.2 Å². The van der Waals surface area contributed by atoms with Crippen LogP contribution in [0.4, 0.5) is 0 Å². The molecule has 0 radical (unpaired) electrons. The molecule has 1 aliphatic heterocycles. The Morgan fingerprint density at radius 3 is 2.63 bits per heavy atom. The first-order chi connectivity index (χ1) is 19.9. The maximum atomic E-state index is 12.9. The molecule has 1 atom stereocenters. The number of nitriles is 1. The first-order valence-electron chi connectivity index (χ1n) is 14.2. The minimum Gasteiger partial charge on any atom is -0.496 e. The van der Waals surface area contributed by atoms with Gasteiger partial charge in [-0.25, -0.2) is 0 Å². The van der Waals surface area contributed by atoms with Gasteiger partial charge in [-0.15, -0.1) is 0 Å². The number of fused-ring (bicyclic) bond motifs is 1. The van der Waals surface area contributed by atoms with Crippen molar-refractivity contribution in [3.8, 4) is 11.8 Å². The Balaban J connectivity index is 1.25. The lowest BCUT2D eigenvalue weighted by atomic mass is 9.56. The van der Waals surface area contributed by atoms with E-state index in [0.717, 1.165) is 61.2 Å². The molecule has 3 heterocycles. The van der Waals surface area contributed by atoms with E-state index in [9.17, 15) is 14.9 Å². The van der Waals surface area contributed by atoms with Crippen molar-refractivity contribution in [2.24, 2.45) is 11.3 Å². The number of H-pyrrole nitrogens is 2. The van der Waals surface area contributed by atoms with E-state index in [1.807, 2.05) is 18.3 Å². The SMILES string of the molecule is COc1cc(C)c2[nH]ccc2c1CN1CCC2(CC(C#N)C2)C[C@H]1c1ccc(C(=O)NCc2cc[nH]c(=O)c2)cc1. The minimum atomic E-state index is -0.191. The Kier molecular flexibility index (Phi) is 7.14. The Morgan fingerprint density at radius 2 is 1.90 bits per heavy atom. The van der Waals surface area contributed by atoms with Crippen molar-refractivity contribution in [1.29, 1.82) is 5.26 Å². The van der Waals surface area contributed by atoms with E-state index >= 15 is 0 Å². The molecule has 1 saturated heterocycles. The minimum absolute atomic E-state index is 0.158. The maximum Gasteiger partial charge on any atom is 0.251 e. The number of ether oxygens (including phenoxy) is 1. The van der Waals surface area contributed by atoms with E-state index < -0.39 is 0 Å². The number of hydrogen-bond acceptors (Lipinski definition) is 5. The molecule has 2 aliphatic rings. The Hall–Kier alpha value is -4.35. The molecule has 3 N–H and O–H groups in total. The zero-order valence-corrected chi connectivity index (χ0v) is 23.5. The van der Waals surface area contributed by atoms with Gasteiger partial charge < -0.3 is 20.0 Å². The number of carbonyl (C=O) groups is 1. The van der Waals surface area contributed by atoms with Crippen LogP contribution in [-0.2, 0) is 13.1 Å². The number of piperidine rings is 1. The monoisotopic (exact) mass is 549 g/mol. The summed E-state index contributed by atoms with van der Waals surface area (Å²) < 4.78 is 5.85. The molecule has 8 nitrogen and oxygen atoms in total. The molecule has 1 saturated carbocycles. The average Bonchev–Trinajstić information content (AvgIpc) is 3.47. The number of nitrogens with zero attached hydrogens (tertiary/aromatic N) is 2. The molecule has 2 aromatic heterocycles. The second-order valence-electron chi connectivity index (χ2n) is 11.7. The molecule has 0 unspecified atom stereocenters. The number of aromatic amines is 2. The van der Waals surface area contributed by atoms with Crippen LogP contribution in [-0.4, -0.2) is 34.4 Å². The summed E-state index contributed by atoms with van der Waals surface area (Å²) in [6.07, 6.45) is 7.56. The molecule has 6 rings (SSSR count). The van der Waals surface area contributed by atoms with Gasteiger partial charge in [0.1, 0.15) is 5.75 Å². The molecule has 41 heavy (non-hydrogen) atoms. The third-order valence-electron chi connectivity index (χ3n) is 9.08. The lowest BCUT2D eigenvalue weighted by Gasteiger charge is -2.53.